The van der Waals surface area contributed by atoms with Crippen molar-refractivity contribution in [3.8, 4) is 0 Å². The number of nitrogens with zero attached hydrogens (tertiary/aromatic N) is 1. The van der Waals surface area contributed by atoms with Crippen LogP contribution in [0.3, 0.4) is 0 Å². The monoisotopic (exact) mass is 393 g/mol. The van der Waals surface area contributed by atoms with Crippen LogP contribution in [-0.4, -0.2) is 31.4 Å². The van der Waals surface area contributed by atoms with Crippen LogP contribution in [-0.2, 0) is 10.2 Å². The van der Waals surface area contributed by atoms with Crippen molar-refractivity contribution < 1.29 is 9.59 Å². The van der Waals surface area contributed by atoms with E-state index in [1.165, 1.54) is 18.4 Å². The number of carbonyl (C=O) groups excluding carboxylic acids is 2. The smallest absolute Gasteiger partial charge is 0.251 e. The lowest BCUT2D eigenvalue weighted by atomic mass is 9.87. The maximum atomic E-state index is 12.4. The third-order valence-corrected chi connectivity index (χ3v) is 5.28. The number of amides is 2. The van der Waals surface area contributed by atoms with E-state index in [-0.39, 0.29) is 23.7 Å². The van der Waals surface area contributed by atoms with Crippen molar-refractivity contribution >= 4 is 23.2 Å². The standard InChI is InChI=1S/C24H31N3O2/c1-24(2,3)19-12-10-18(11-13-19)23(29)25-15-14-22(28)26-20-8-4-5-9-21(20)27-16-6-7-17-27/h4-5,8-13H,6-7,14-17H2,1-3H3,(H,25,29)(H,26,28). The van der Waals surface area contributed by atoms with Crippen LogP contribution in [0.2, 0.25) is 0 Å². The molecular formula is C24H31N3O2. The number of anilines is 2. The van der Waals surface area contributed by atoms with Crippen LogP contribution in [0.5, 0.6) is 0 Å². The average Bonchev–Trinajstić information content (AvgIpc) is 3.22. The lowest BCUT2D eigenvalue weighted by Gasteiger charge is -2.21. The molecular weight excluding hydrogens is 362 g/mol. The lowest BCUT2D eigenvalue weighted by Crippen LogP contribution is -2.28. The molecule has 5 nitrogen and oxygen atoms in total. The molecule has 3 rings (SSSR count). The maximum absolute atomic E-state index is 12.4. The van der Waals surface area contributed by atoms with Crippen molar-refractivity contribution in [1.82, 2.24) is 5.32 Å². The largest absolute Gasteiger partial charge is 0.370 e. The maximum Gasteiger partial charge on any atom is 0.251 e. The summed E-state index contributed by atoms with van der Waals surface area (Å²) in [6, 6.07) is 15.5. The van der Waals surface area contributed by atoms with E-state index in [1.54, 1.807) is 0 Å². The Morgan fingerprint density at radius 3 is 2.28 bits per heavy atom. The number of nitrogens with one attached hydrogen (secondary N) is 2. The van der Waals surface area contributed by atoms with Gasteiger partial charge in [0.25, 0.3) is 5.91 Å². The average molecular weight is 394 g/mol. The molecule has 29 heavy (non-hydrogen) atoms. The molecule has 0 aromatic heterocycles. The first-order valence-corrected chi connectivity index (χ1v) is 10.4. The molecule has 0 saturated carbocycles. The first-order valence-electron chi connectivity index (χ1n) is 10.4. The fourth-order valence-electron chi connectivity index (χ4n) is 3.54. The Morgan fingerprint density at radius 2 is 1.62 bits per heavy atom. The van der Waals surface area contributed by atoms with E-state index in [0.29, 0.717) is 12.1 Å². The summed E-state index contributed by atoms with van der Waals surface area (Å²) in [5.41, 5.74) is 3.76. The Balaban J connectivity index is 1.50. The summed E-state index contributed by atoms with van der Waals surface area (Å²) in [7, 11) is 0. The summed E-state index contributed by atoms with van der Waals surface area (Å²) in [5, 5.41) is 5.83. The van der Waals surface area contributed by atoms with Crippen molar-refractivity contribution in [3.63, 3.8) is 0 Å². The van der Waals surface area contributed by atoms with E-state index in [1.807, 2.05) is 48.5 Å². The Morgan fingerprint density at radius 1 is 0.966 bits per heavy atom. The molecule has 0 radical (unpaired) electrons. The Bertz CT molecular complexity index is 847. The molecule has 0 atom stereocenters. The molecule has 0 aliphatic carbocycles. The molecule has 1 aliphatic heterocycles. The van der Waals surface area contributed by atoms with E-state index in [4.69, 9.17) is 0 Å². The van der Waals surface area contributed by atoms with E-state index in [9.17, 15) is 9.59 Å². The van der Waals surface area contributed by atoms with Crippen LogP contribution in [0, 0.1) is 0 Å². The van der Waals surface area contributed by atoms with Crippen LogP contribution < -0.4 is 15.5 Å². The van der Waals surface area contributed by atoms with Gasteiger partial charge in [0.1, 0.15) is 0 Å². The quantitative estimate of drug-likeness (QED) is 0.767. The molecule has 5 heteroatoms. The summed E-state index contributed by atoms with van der Waals surface area (Å²) in [6.45, 7) is 8.78. The van der Waals surface area contributed by atoms with Gasteiger partial charge in [-0.3, -0.25) is 9.59 Å². The highest BCUT2D eigenvalue weighted by Gasteiger charge is 2.17. The summed E-state index contributed by atoms with van der Waals surface area (Å²) in [5.74, 6) is -0.254. The highest BCUT2D eigenvalue weighted by Crippen LogP contribution is 2.28. The fraction of sp³-hybridized carbons (Fsp3) is 0.417. The highest BCUT2D eigenvalue weighted by atomic mass is 16.2. The second-order valence-corrected chi connectivity index (χ2v) is 8.59. The Labute approximate surface area is 173 Å². The van der Waals surface area contributed by atoms with Gasteiger partial charge in [0.2, 0.25) is 5.91 Å². The molecule has 1 aliphatic rings. The van der Waals surface area contributed by atoms with E-state index in [0.717, 1.165) is 24.5 Å². The minimum atomic E-state index is -0.157. The van der Waals surface area contributed by atoms with Crippen molar-refractivity contribution in [2.24, 2.45) is 0 Å². The predicted octanol–water partition coefficient (Wildman–Crippen LogP) is 4.34. The SMILES string of the molecule is CC(C)(C)c1ccc(C(=O)NCCC(=O)Nc2ccccc2N2CCCC2)cc1. The first-order chi connectivity index (χ1) is 13.8. The van der Waals surface area contributed by atoms with Crippen LogP contribution >= 0.6 is 0 Å². The molecule has 2 aromatic rings. The number of rotatable bonds is 6. The zero-order valence-corrected chi connectivity index (χ0v) is 17.6. The minimum absolute atomic E-state index is 0.0540. The van der Waals surface area contributed by atoms with Crippen molar-refractivity contribution in [2.45, 2.75) is 45.4 Å². The fourth-order valence-corrected chi connectivity index (χ4v) is 3.54. The second kappa shape index (κ2) is 9.12. The molecule has 0 bridgehead atoms. The molecule has 0 spiro atoms. The van der Waals surface area contributed by atoms with Gasteiger partial charge < -0.3 is 15.5 Å². The van der Waals surface area contributed by atoms with E-state index >= 15 is 0 Å². The summed E-state index contributed by atoms with van der Waals surface area (Å²) in [4.78, 5) is 27.0. The van der Waals surface area contributed by atoms with Gasteiger partial charge in [0.15, 0.2) is 0 Å². The third-order valence-electron chi connectivity index (χ3n) is 5.28. The first kappa shape index (κ1) is 20.9. The van der Waals surface area contributed by atoms with Gasteiger partial charge in [0.05, 0.1) is 11.4 Å². The van der Waals surface area contributed by atoms with Crippen molar-refractivity contribution in [3.05, 3.63) is 59.7 Å². The number of para-hydroxylation sites is 2. The van der Waals surface area contributed by atoms with Gasteiger partial charge >= 0.3 is 0 Å². The van der Waals surface area contributed by atoms with Gasteiger partial charge in [-0.05, 0) is 48.1 Å². The summed E-state index contributed by atoms with van der Waals surface area (Å²) < 4.78 is 0. The van der Waals surface area contributed by atoms with Crippen LogP contribution in [0.1, 0.15) is 56.0 Å². The van der Waals surface area contributed by atoms with Gasteiger partial charge in [-0.2, -0.15) is 0 Å². The van der Waals surface area contributed by atoms with Crippen LogP contribution in [0.4, 0.5) is 11.4 Å². The second-order valence-electron chi connectivity index (χ2n) is 8.59. The van der Waals surface area contributed by atoms with E-state index in [2.05, 4.69) is 36.3 Å². The van der Waals surface area contributed by atoms with Crippen LogP contribution in [0.25, 0.3) is 0 Å². The van der Waals surface area contributed by atoms with Gasteiger partial charge in [-0.1, -0.05) is 45.0 Å². The Hall–Kier alpha value is -2.82. The van der Waals surface area contributed by atoms with Gasteiger partial charge in [-0.25, -0.2) is 0 Å². The zero-order valence-electron chi connectivity index (χ0n) is 17.6. The van der Waals surface area contributed by atoms with E-state index < -0.39 is 0 Å². The molecule has 1 fully saturated rings. The predicted molar refractivity (Wildman–Crippen MR) is 119 cm³/mol. The molecule has 1 saturated heterocycles. The molecule has 1 heterocycles. The molecule has 2 aromatic carbocycles. The van der Waals surface area contributed by atoms with Crippen molar-refractivity contribution in [2.75, 3.05) is 29.9 Å². The zero-order chi connectivity index (χ0) is 20.9. The number of hydrogen-bond donors (Lipinski definition) is 2. The molecule has 0 unspecified atom stereocenters. The number of hydrogen-bond acceptors (Lipinski definition) is 3. The van der Waals surface area contributed by atoms with Crippen molar-refractivity contribution in [1.29, 1.82) is 0 Å². The third kappa shape index (κ3) is 5.59. The number of carbonyl (C=O) groups is 2. The molecule has 154 valence electrons. The van der Waals surface area contributed by atoms with Crippen LogP contribution in [0.15, 0.2) is 48.5 Å². The summed E-state index contributed by atoms with van der Waals surface area (Å²) in [6.07, 6.45) is 2.61. The lowest BCUT2D eigenvalue weighted by molar-refractivity contribution is -0.116. The Kier molecular flexibility index (Phi) is 6.57. The normalized spacial score (nSPS) is 14.0. The highest BCUT2D eigenvalue weighted by molar-refractivity contribution is 5.96. The van der Waals surface area contributed by atoms with Gasteiger partial charge in [0, 0.05) is 31.6 Å². The summed E-state index contributed by atoms with van der Waals surface area (Å²) >= 11 is 0. The topological polar surface area (TPSA) is 61.4 Å². The molecule has 2 N–H and O–H groups in total. The number of benzene rings is 2. The van der Waals surface area contributed by atoms with Gasteiger partial charge in [-0.15, -0.1) is 0 Å². The minimum Gasteiger partial charge on any atom is -0.370 e. The molecule has 2 amide bonds.